The lowest BCUT2D eigenvalue weighted by atomic mass is 9.87. The molecule has 3 heterocycles. The molecule has 3 aliphatic rings. The summed E-state index contributed by atoms with van der Waals surface area (Å²) in [4.78, 5) is 54.4. The Kier molecular flexibility index (Phi) is 7.91. The molecule has 43 heavy (non-hydrogen) atoms. The number of hydrogen-bond acceptors (Lipinski definition) is 7. The Morgan fingerprint density at radius 3 is 2.53 bits per heavy atom. The highest BCUT2D eigenvalue weighted by Crippen LogP contribution is 2.38. The molecule has 1 atom stereocenters. The van der Waals surface area contributed by atoms with Gasteiger partial charge in [0, 0.05) is 43.3 Å². The standard InChI is InChI=1S/C31H43N7O5/c1-18-26-24(14-31(5,6)37(28(26)41)16-19-7-8-19)38(35-18)21-9-10-22(27(32)40)23(13-21)34-20-11-12-36(17-20)25(39)15-33-29(42)43-30(2,3)4/h9-10,13,19-20,34H,7-8,11-12,14-17H2,1-6H3,(H2,32,40)(H,33,42)/t20-/m0/s1. The molecule has 232 valence electrons. The topological polar surface area (TPSA) is 152 Å². The maximum Gasteiger partial charge on any atom is 0.408 e. The van der Waals surface area contributed by atoms with Crippen molar-refractivity contribution < 1.29 is 23.9 Å². The number of carbonyl (C=O) groups excluding carboxylic acids is 4. The zero-order valence-electron chi connectivity index (χ0n) is 26.0. The Hall–Kier alpha value is -4.09. The number of amides is 4. The summed E-state index contributed by atoms with van der Waals surface area (Å²) in [6.45, 7) is 12.8. The van der Waals surface area contributed by atoms with E-state index in [4.69, 9.17) is 15.6 Å². The monoisotopic (exact) mass is 593 g/mol. The lowest BCUT2D eigenvalue weighted by molar-refractivity contribution is -0.129. The van der Waals surface area contributed by atoms with Crippen LogP contribution in [0.15, 0.2) is 18.2 Å². The number of aromatic nitrogens is 2. The van der Waals surface area contributed by atoms with Gasteiger partial charge in [0.25, 0.3) is 11.8 Å². The normalized spacial score (nSPS) is 19.7. The number of nitrogens with zero attached hydrogens (tertiary/aromatic N) is 4. The average Bonchev–Trinajstić information content (AvgIpc) is 3.51. The van der Waals surface area contributed by atoms with E-state index in [1.165, 1.54) is 12.8 Å². The van der Waals surface area contributed by atoms with Gasteiger partial charge in [-0.1, -0.05) is 0 Å². The van der Waals surface area contributed by atoms with E-state index < -0.39 is 17.6 Å². The molecular weight excluding hydrogens is 550 g/mol. The number of ether oxygens (including phenoxy) is 1. The number of alkyl carbamates (subject to hydrolysis) is 1. The van der Waals surface area contributed by atoms with Crippen LogP contribution in [-0.4, -0.2) is 86.8 Å². The fraction of sp³-hybridized carbons (Fsp3) is 0.581. The van der Waals surface area contributed by atoms with Crippen molar-refractivity contribution in [1.82, 2.24) is 24.9 Å². The lowest BCUT2D eigenvalue weighted by Gasteiger charge is -2.42. The second-order valence-electron chi connectivity index (χ2n) is 13.6. The van der Waals surface area contributed by atoms with Crippen molar-refractivity contribution in [2.24, 2.45) is 11.7 Å². The van der Waals surface area contributed by atoms with Crippen molar-refractivity contribution in [2.45, 2.75) is 84.4 Å². The molecule has 1 saturated carbocycles. The van der Waals surface area contributed by atoms with Gasteiger partial charge in [-0.2, -0.15) is 5.10 Å². The third-order valence-corrected chi connectivity index (χ3v) is 8.28. The van der Waals surface area contributed by atoms with E-state index in [2.05, 4.69) is 24.5 Å². The molecule has 1 aromatic heterocycles. The van der Waals surface area contributed by atoms with Gasteiger partial charge in [-0.15, -0.1) is 0 Å². The van der Waals surface area contributed by atoms with Crippen LogP contribution in [0.4, 0.5) is 10.5 Å². The molecule has 5 rings (SSSR count). The van der Waals surface area contributed by atoms with E-state index in [1.54, 1.807) is 37.8 Å². The third kappa shape index (κ3) is 6.62. The molecule has 2 fully saturated rings. The molecule has 12 nitrogen and oxygen atoms in total. The number of anilines is 1. The van der Waals surface area contributed by atoms with Crippen LogP contribution in [0.3, 0.4) is 0 Å². The minimum absolute atomic E-state index is 0.0193. The van der Waals surface area contributed by atoms with Crippen molar-refractivity contribution in [3.05, 3.63) is 40.7 Å². The molecule has 1 aromatic carbocycles. The third-order valence-electron chi connectivity index (χ3n) is 8.28. The highest BCUT2D eigenvalue weighted by molar-refractivity contribution is 6.00. The van der Waals surface area contributed by atoms with Gasteiger partial charge in [0.1, 0.15) is 12.1 Å². The van der Waals surface area contributed by atoms with Gasteiger partial charge in [0.15, 0.2) is 0 Å². The fourth-order valence-corrected chi connectivity index (χ4v) is 5.93. The molecule has 4 amide bonds. The first-order valence-electron chi connectivity index (χ1n) is 15.0. The summed E-state index contributed by atoms with van der Waals surface area (Å²) in [6, 6.07) is 5.15. The van der Waals surface area contributed by atoms with E-state index >= 15 is 0 Å². The van der Waals surface area contributed by atoms with Gasteiger partial charge >= 0.3 is 6.09 Å². The number of likely N-dealkylation sites (tertiary alicyclic amines) is 1. The number of nitrogens with one attached hydrogen (secondary N) is 2. The van der Waals surface area contributed by atoms with E-state index in [1.807, 2.05) is 22.6 Å². The molecule has 0 radical (unpaired) electrons. The number of nitrogens with two attached hydrogens (primary N) is 1. The Labute approximate surface area is 252 Å². The van der Waals surface area contributed by atoms with Crippen LogP contribution in [0.25, 0.3) is 5.69 Å². The summed E-state index contributed by atoms with van der Waals surface area (Å²) in [7, 11) is 0. The number of aryl methyl sites for hydroxylation is 1. The van der Waals surface area contributed by atoms with Gasteiger partial charge in [-0.05, 0) is 84.9 Å². The van der Waals surface area contributed by atoms with Crippen LogP contribution in [0, 0.1) is 12.8 Å². The fourth-order valence-electron chi connectivity index (χ4n) is 5.93. The first kappa shape index (κ1) is 30.4. The number of rotatable bonds is 8. The summed E-state index contributed by atoms with van der Waals surface area (Å²) in [5.41, 5.74) is 8.47. The Bertz CT molecular complexity index is 1450. The van der Waals surface area contributed by atoms with Crippen molar-refractivity contribution in [3.8, 4) is 5.69 Å². The highest BCUT2D eigenvalue weighted by atomic mass is 16.6. The van der Waals surface area contributed by atoms with E-state index in [0.29, 0.717) is 60.0 Å². The molecule has 0 bridgehead atoms. The second-order valence-corrected chi connectivity index (χ2v) is 13.6. The van der Waals surface area contributed by atoms with Crippen LogP contribution in [0.2, 0.25) is 0 Å². The summed E-state index contributed by atoms with van der Waals surface area (Å²) in [6.07, 6.45) is 3.00. The molecule has 2 aromatic rings. The van der Waals surface area contributed by atoms with Crippen molar-refractivity contribution >= 4 is 29.5 Å². The van der Waals surface area contributed by atoms with Crippen LogP contribution in [-0.2, 0) is 16.0 Å². The first-order valence-corrected chi connectivity index (χ1v) is 15.0. The van der Waals surface area contributed by atoms with Crippen molar-refractivity contribution in [3.63, 3.8) is 0 Å². The molecule has 1 aliphatic carbocycles. The predicted octanol–water partition coefficient (Wildman–Crippen LogP) is 3.00. The number of fused-ring (bicyclic) bond motifs is 1. The van der Waals surface area contributed by atoms with Crippen LogP contribution >= 0.6 is 0 Å². The van der Waals surface area contributed by atoms with Crippen LogP contribution in [0.5, 0.6) is 0 Å². The van der Waals surface area contributed by atoms with Crippen LogP contribution in [0.1, 0.15) is 86.0 Å². The predicted molar refractivity (Wildman–Crippen MR) is 161 cm³/mol. The molecule has 4 N–H and O–H groups in total. The minimum Gasteiger partial charge on any atom is -0.444 e. The zero-order valence-corrected chi connectivity index (χ0v) is 26.0. The zero-order chi connectivity index (χ0) is 31.3. The average molecular weight is 594 g/mol. The number of benzene rings is 1. The molecule has 12 heteroatoms. The van der Waals surface area contributed by atoms with Crippen LogP contribution < -0.4 is 16.4 Å². The van der Waals surface area contributed by atoms with Crippen molar-refractivity contribution in [1.29, 1.82) is 0 Å². The van der Waals surface area contributed by atoms with E-state index in [0.717, 1.165) is 12.2 Å². The van der Waals surface area contributed by atoms with E-state index in [9.17, 15) is 19.2 Å². The largest absolute Gasteiger partial charge is 0.444 e. The summed E-state index contributed by atoms with van der Waals surface area (Å²) >= 11 is 0. The maximum atomic E-state index is 13.7. The molecule has 2 aliphatic heterocycles. The molecule has 0 unspecified atom stereocenters. The lowest BCUT2D eigenvalue weighted by Crippen LogP contribution is -2.53. The second kappa shape index (κ2) is 11.2. The Morgan fingerprint density at radius 2 is 1.88 bits per heavy atom. The Morgan fingerprint density at radius 1 is 1.16 bits per heavy atom. The highest BCUT2D eigenvalue weighted by Gasteiger charge is 2.43. The van der Waals surface area contributed by atoms with Gasteiger partial charge in [-0.25, -0.2) is 9.48 Å². The quantitative estimate of drug-likeness (QED) is 0.426. The van der Waals surface area contributed by atoms with Gasteiger partial charge < -0.3 is 30.9 Å². The van der Waals surface area contributed by atoms with E-state index in [-0.39, 0.29) is 29.9 Å². The maximum absolute atomic E-state index is 13.7. The number of carbonyl (C=O) groups is 4. The smallest absolute Gasteiger partial charge is 0.408 e. The van der Waals surface area contributed by atoms with Gasteiger partial charge in [0.2, 0.25) is 5.91 Å². The van der Waals surface area contributed by atoms with Gasteiger partial charge in [-0.3, -0.25) is 14.4 Å². The number of hydrogen-bond donors (Lipinski definition) is 3. The Balaban J connectivity index is 1.33. The van der Waals surface area contributed by atoms with Gasteiger partial charge in [0.05, 0.1) is 28.2 Å². The minimum atomic E-state index is -0.654. The summed E-state index contributed by atoms with van der Waals surface area (Å²) in [5, 5.41) is 10.7. The molecule has 0 spiro atoms. The first-order chi connectivity index (χ1) is 20.1. The van der Waals surface area contributed by atoms with Crippen molar-refractivity contribution in [2.75, 3.05) is 31.5 Å². The molecular formula is C31H43N7O5. The summed E-state index contributed by atoms with van der Waals surface area (Å²) in [5.74, 6) is -0.197. The number of primary amides is 1. The summed E-state index contributed by atoms with van der Waals surface area (Å²) < 4.78 is 7.01. The SMILES string of the molecule is Cc1nn(-c2ccc(C(N)=O)c(N[C@H]3CCN(C(=O)CNC(=O)OC(C)(C)C)C3)c2)c2c1C(=O)N(CC1CC1)C(C)(C)C2. The molecule has 1 saturated heterocycles.